The monoisotopic (exact) mass is 247 g/mol. The fourth-order valence-electron chi connectivity index (χ4n) is 3.94. The minimum atomic E-state index is 0.494. The Morgan fingerprint density at radius 2 is 2.22 bits per heavy atom. The molecule has 18 heavy (non-hydrogen) atoms. The van der Waals surface area contributed by atoms with E-state index in [4.69, 9.17) is 0 Å². The average molecular weight is 247 g/mol. The first-order valence-electron chi connectivity index (χ1n) is 7.41. The maximum absolute atomic E-state index is 4.56. The SMILES string of the molecule is CC(C)c1nn(C)cc1NCC1CC2CCC1C2. The van der Waals surface area contributed by atoms with Crippen LogP contribution in [0.2, 0.25) is 0 Å². The molecule has 2 aliphatic rings. The Labute approximate surface area is 110 Å². The number of nitrogens with zero attached hydrogens (tertiary/aromatic N) is 2. The van der Waals surface area contributed by atoms with E-state index in [9.17, 15) is 0 Å². The Balaban J connectivity index is 1.63. The summed E-state index contributed by atoms with van der Waals surface area (Å²) in [6, 6.07) is 0. The fourth-order valence-corrected chi connectivity index (χ4v) is 3.94. The van der Waals surface area contributed by atoms with Crippen molar-refractivity contribution in [2.45, 2.75) is 45.4 Å². The highest BCUT2D eigenvalue weighted by Gasteiger charge is 2.39. The van der Waals surface area contributed by atoms with Gasteiger partial charge in [0, 0.05) is 19.8 Å². The Kier molecular flexibility index (Phi) is 3.08. The van der Waals surface area contributed by atoms with Crippen molar-refractivity contribution in [1.29, 1.82) is 0 Å². The second-order valence-corrected chi connectivity index (χ2v) is 6.57. The molecule has 0 saturated heterocycles. The van der Waals surface area contributed by atoms with Crippen molar-refractivity contribution >= 4 is 5.69 Å². The van der Waals surface area contributed by atoms with Crippen molar-refractivity contribution in [2.24, 2.45) is 24.8 Å². The summed E-state index contributed by atoms with van der Waals surface area (Å²) in [6.45, 7) is 5.57. The molecular formula is C15H25N3. The zero-order chi connectivity index (χ0) is 12.7. The normalized spacial score (nSPS) is 30.3. The number of nitrogens with one attached hydrogen (secondary N) is 1. The van der Waals surface area contributed by atoms with Crippen LogP contribution in [0.5, 0.6) is 0 Å². The van der Waals surface area contributed by atoms with Crippen LogP contribution in [0.25, 0.3) is 0 Å². The third-order valence-corrected chi connectivity index (χ3v) is 4.84. The van der Waals surface area contributed by atoms with E-state index in [1.807, 2.05) is 11.7 Å². The molecule has 3 rings (SSSR count). The molecule has 3 heteroatoms. The molecule has 1 aromatic heterocycles. The highest BCUT2D eigenvalue weighted by atomic mass is 15.3. The summed E-state index contributed by atoms with van der Waals surface area (Å²) in [5, 5.41) is 8.22. The lowest BCUT2D eigenvalue weighted by molar-refractivity contribution is 0.348. The van der Waals surface area contributed by atoms with E-state index in [-0.39, 0.29) is 0 Å². The Morgan fingerprint density at radius 3 is 2.83 bits per heavy atom. The second kappa shape index (κ2) is 4.60. The third kappa shape index (κ3) is 2.15. The smallest absolute Gasteiger partial charge is 0.0881 e. The average Bonchev–Trinajstić information content (AvgIpc) is 3.00. The zero-order valence-corrected chi connectivity index (χ0v) is 11.8. The van der Waals surface area contributed by atoms with Gasteiger partial charge in [0.15, 0.2) is 0 Å². The fraction of sp³-hybridized carbons (Fsp3) is 0.800. The summed E-state index contributed by atoms with van der Waals surface area (Å²) in [5.74, 6) is 3.44. The predicted octanol–water partition coefficient (Wildman–Crippen LogP) is 3.39. The molecule has 2 aliphatic carbocycles. The number of anilines is 1. The maximum Gasteiger partial charge on any atom is 0.0881 e. The molecule has 0 spiro atoms. The largest absolute Gasteiger partial charge is 0.382 e. The van der Waals surface area contributed by atoms with Gasteiger partial charge in [0.2, 0.25) is 0 Å². The van der Waals surface area contributed by atoms with E-state index in [0.29, 0.717) is 5.92 Å². The summed E-state index contributed by atoms with van der Waals surface area (Å²) < 4.78 is 1.93. The molecule has 3 unspecified atom stereocenters. The van der Waals surface area contributed by atoms with Crippen LogP contribution in [0.15, 0.2) is 6.20 Å². The van der Waals surface area contributed by atoms with Crippen LogP contribution in [0.4, 0.5) is 5.69 Å². The van der Waals surface area contributed by atoms with E-state index in [2.05, 4.69) is 30.5 Å². The quantitative estimate of drug-likeness (QED) is 0.884. The van der Waals surface area contributed by atoms with Crippen molar-refractivity contribution in [1.82, 2.24) is 9.78 Å². The molecule has 3 nitrogen and oxygen atoms in total. The van der Waals surface area contributed by atoms with Gasteiger partial charge in [-0.15, -0.1) is 0 Å². The molecule has 2 bridgehead atoms. The summed E-state index contributed by atoms with van der Waals surface area (Å²) in [4.78, 5) is 0. The number of aromatic nitrogens is 2. The summed E-state index contributed by atoms with van der Waals surface area (Å²) in [5.41, 5.74) is 2.45. The molecule has 0 amide bonds. The van der Waals surface area contributed by atoms with Crippen molar-refractivity contribution in [3.05, 3.63) is 11.9 Å². The molecular weight excluding hydrogens is 222 g/mol. The van der Waals surface area contributed by atoms with Crippen molar-refractivity contribution < 1.29 is 0 Å². The first-order valence-corrected chi connectivity index (χ1v) is 7.41. The Morgan fingerprint density at radius 1 is 1.39 bits per heavy atom. The van der Waals surface area contributed by atoms with Gasteiger partial charge in [0.1, 0.15) is 0 Å². The standard InChI is InChI=1S/C15H25N3/c1-10(2)15-14(9-18(3)17-15)16-8-13-7-11-4-5-12(13)6-11/h9-13,16H,4-8H2,1-3H3. The highest BCUT2D eigenvalue weighted by Crippen LogP contribution is 2.48. The van der Waals surface area contributed by atoms with E-state index in [1.54, 1.807) is 0 Å². The molecule has 2 fully saturated rings. The van der Waals surface area contributed by atoms with Crippen molar-refractivity contribution in [2.75, 3.05) is 11.9 Å². The van der Waals surface area contributed by atoms with E-state index < -0.39 is 0 Å². The predicted molar refractivity (Wildman–Crippen MR) is 74.7 cm³/mol. The summed E-state index contributed by atoms with van der Waals surface area (Å²) in [6.07, 6.45) is 8.04. The molecule has 1 N–H and O–H groups in total. The number of hydrogen-bond acceptors (Lipinski definition) is 2. The lowest BCUT2D eigenvalue weighted by atomic mass is 9.89. The van der Waals surface area contributed by atoms with E-state index >= 15 is 0 Å². The van der Waals surface area contributed by atoms with E-state index in [0.717, 1.165) is 24.3 Å². The van der Waals surface area contributed by atoms with Gasteiger partial charge in [-0.3, -0.25) is 4.68 Å². The Hall–Kier alpha value is -0.990. The number of fused-ring (bicyclic) bond motifs is 2. The van der Waals surface area contributed by atoms with Crippen LogP contribution in [-0.2, 0) is 7.05 Å². The molecule has 0 aliphatic heterocycles. The molecule has 100 valence electrons. The summed E-state index contributed by atoms with van der Waals surface area (Å²) >= 11 is 0. The van der Waals surface area contributed by atoms with Crippen LogP contribution >= 0.6 is 0 Å². The first-order chi connectivity index (χ1) is 8.63. The highest BCUT2D eigenvalue weighted by molar-refractivity contribution is 5.47. The van der Waals surface area contributed by atoms with Crippen molar-refractivity contribution in [3.63, 3.8) is 0 Å². The lowest BCUT2D eigenvalue weighted by Crippen LogP contribution is -2.20. The zero-order valence-electron chi connectivity index (χ0n) is 11.8. The van der Waals surface area contributed by atoms with Gasteiger partial charge in [0.05, 0.1) is 11.4 Å². The van der Waals surface area contributed by atoms with Crippen molar-refractivity contribution in [3.8, 4) is 0 Å². The third-order valence-electron chi connectivity index (χ3n) is 4.84. The minimum Gasteiger partial charge on any atom is -0.382 e. The topological polar surface area (TPSA) is 29.9 Å². The van der Waals surface area contributed by atoms with Crippen LogP contribution in [0, 0.1) is 17.8 Å². The molecule has 0 aromatic carbocycles. The molecule has 0 radical (unpaired) electrons. The minimum absolute atomic E-state index is 0.494. The Bertz CT molecular complexity index is 421. The molecule has 1 aromatic rings. The van der Waals surface area contributed by atoms with Crippen LogP contribution < -0.4 is 5.32 Å². The van der Waals surface area contributed by atoms with Gasteiger partial charge in [-0.1, -0.05) is 20.3 Å². The second-order valence-electron chi connectivity index (χ2n) is 6.57. The van der Waals surface area contributed by atoms with Crippen LogP contribution in [-0.4, -0.2) is 16.3 Å². The van der Waals surface area contributed by atoms with Gasteiger partial charge < -0.3 is 5.32 Å². The van der Waals surface area contributed by atoms with E-state index in [1.165, 1.54) is 37.1 Å². The number of rotatable bonds is 4. The van der Waals surface area contributed by atoms with Gasteiger partial charge >= 0.3 is 0 Å². The van der Waals surface area contributed by atoms with Gasteiger partial charge in [0.25, 0.3) is 0 Å². The maximum atomic E-state index is 4.56. The number of hydrogen-bond donors (Lipinski definition) is 1. The summed E-state index contributed by atoms with van der Waals surface area (Å²) in [7, 11) is 2.01. The van der Waals surface area contributed by atoms with Gasteiger partial charge in [-0.25, -0.2) is 0 Å². The first kappa shape index (κ1) is 12.1. The van der Waals surface area contributed by atoms with Crippen LogP contribution in [0.3, 0.4) is 0 Å². The molecule has 2 saturated carbocycles. The number of aryl methyl sites for hydroxylation is 1. The molecule has 3 atom stereocenters. The van der Waals surface area contributed by atoms with Crippen LogP contribution in [0.1, 0.15) is 51.1 Å². The molecule has 1 heterocycles. The lowest BCUT2D eigenvalue weighted by Gasteiger charge is -2.22. The van der Waals surface area contributed by atoms with Gasteiger partial charge in [-0.2, -0.15) is 5.10 Å². The van der Waals surface area contributed by atoms with Gasteiger partial charge in [-0.05, 0) is 42.9 Å².